The fourth-order valence-electron chi connectivity index (χ4n) is 7.91. The van der Waals surface area contributed by atoms with E-state index in [-0.39, 0.29) is 23.8 Å². The topological polar surface area (TPSA) is 118 Å². The van der Waals surface area contributed by atoms with Crippen LogP contribution in [-0.2, 0) is 30.2 Å². The summed E-state index contributed by atoms with van der Waals surface area (Å²) in [7, 11) is 9.24. The Balaban J connectivity index is 1.23. The summed E-state index contributed by atoms with van der Waals surface area (Å²) in [5.74, 6) is 0.873. The zero-order chi connectivity index (χ0) is 32.5. The van der Waals surface area contributed by atoms with E-state index >= 15 is 0 Å². The average Bonchev–Trinajstić information content (AvgIpc) is 3.46. The van der Waals surface area contributed by atoms with E-state index in [2.05, 4.69) is 16.0 Å². The molecule has 6 rings (SSSR count). The molecule has 6 atom stereocenters. The molecule has 1 aliphatic carbocycles. The van der Waals surface area contributed by atoms with Crippen molar-refractivity contribution in [1.82, 2.24) is 9.88 Å². The van der Waals surface area contributed by atoms with E-state index in [1.807, 2.05) is 12.1 Å². The quantitative estimate of drug-likeness (QED) is 0.265. The summed E-state index contributed by atoms with van der Waals surface area (Å²) in [6.45, 7) is 1.70. The van der Waals surface area contributed by atoms with Crippen molar-refractivity contribution >= 4 is 28.9 Å². The number of esters is 2. The Hall–Kier alpha value is -4.22. The highest BCUT2D eigenvalue weighted by atomic mass is 16.6. The molecule has 11 heteroatoms. The van der Waals surface area contributed by atoms with E-state index in [9.17, 15) is 9.59 Å². The molecule has 1 saturated carbocycles. The molecule has 2 aromatic carbocycles. The first-order chi connectivity index (χ1) is 22.3. The number of fused-ring (bicyclic) bond motifs is 6. The first-order valence-corrected chi connectivity index (χ1v) is 15.6. The van der Waals surface area contributed by atoms with Gasteiger partial charge in [-0.3, -0.25) is 9.69 Å². The highest BCUT2D eigenvalue weighted by Crippen LogP contribution is 2.50. The van der Waals surface area contributed by atoms with E-state index in [1.54, 1.807) is 32.4 Å². The molecule has 2 aliphatic heterocycles. The molecule has 2 fully saturated rings. The molecule has 3 aliphatic rings. The number of carbonyl (C=O) groups is 2. The maximum atomic E-state index is 13.4. The van der Waals surface area contributed by atoms with Crippen molar-refractivity contribution in [3.63, 3.8) is 0 Å². The van der Waals surface area contributed by atoms with Gasteiger partial charge in [0.15, 0.2) is 11.5 Å². The van der Waals surface area contributed by atoms with Gasteiger partial charge < -0.3 is 38.1 Å². The molecule has 0 amide bonds. The van der Waals surface area contributed by atoms with Crippen molar-refractivity contribution in [3.05, 3.63) is 53.2 Å². The van der Waals surface area contributed by atoms with Gasteiger partial charge in [-0.1, -0.05) is 0 Å². The second-order valence-corrected chi connectivity index (χ2v) is 12.1. The number of rotatable bonds is 9. The lowest BCUT2D eigenvalue weighted by Gasteiger charge is -2.52. The van der Waals surface area contributed by atoms with Crippen LogP contribution >= 0.6 is 0 Å². The van der Waals surface area contributed by atoms with Crippen LogP contribution in [0.4, 0.5) is 0 Å². The Morgan fingerprint density at radius 1 is 0.935 bits per heavy atom. The maximum Gasteiger partial charge on any atom is 0.331 e. The van der Waals surface area contributed by atoms with Crippen molar-refractivity contribution < 1.29 is 42.7 Å². The molecule has 0 bridgehead atoms. The molecule has 0 radical (unpaired) electrons. The molecule has 3 heterocycles. The number of piperidine rings is 1. The highest BCUT2D eigenvalue weighted by molar-refractivity contribution is 5.88. The number of nitrogens with zero attached hydrogens (tertiary/aromatic N) is 1. The minimum atomic E-state index is -0.645. The standard InChI is InChI=1S/C35H42N2O9/c1-40-21-8-9-22-23-11-12-37-18-20-15-29(46-30(38)10-7-19-13-27(41-2)33(43-4)28(14-19)42-3)34(44-5)31(35(39)45-6)24(20)17-26(37)32(23)36-25(22)16-21/h7-10,13-14,16,20,24,26,29,31,34,36H,11-12,15,17-18H2,1-6H3/b10-7+/t20-,24-,26+,29-,31+,34+/m1/s1. The summed E-state index contributed by atoms with van der Waals surface area (Å²) in [6.07, 6.45) is 4.01. The van der Waals surface area contributed by atoms with Crippen molar-refractivity contribution in [2.75, 3.05) is 55.7 Å². The number of nitrogens with one attached hydrogen (secondary N) is 1. The molecule has 1 aromatic heterocycles. The van der Waals surface area contributed by atoms with Crippen LogP contribution in [-0.4, -0.2) is 89.8 Å². The fraction of sp³-hybridized carbons (Fsp3) is 0.486. The molecular formula is C35H42N2O9. The third-order valence-electron chi connectivity index (χ3n) is 9.97. The summed E-state index contributed by atoms with van der Waals surface area (Å²) < 4.78 is 39.0. The monoisotopic (exact) mass is 634 g/mol. The Bertz CT molecular complexity index is 1610. The lowest BCUT2D eigenvalue weighted by Crippen LogP contribution is -2.58. The van der Waals surface area contributed by atoms with Gasteiger partial charge in [0.25, 0.3) is 0 Å². The number of hydrogen-bond acceptors (Lipinski definition) is 10. The Kier molecular flexibility index (Phi) is 9.15. The van der Waals surface area contributed by atoms with E-state index in [0.717, 1.165) is 37.2 Å². The molecule has 0 spiro atoms. The van der Waals surface area contributed by atoms with Gasteiger partial charge in [0.1, 0.15) is 18.0 Å². The zero-order valence-corrected chi connectivity index (χ0v) is 27.2. The Morgan fingerprint density at radius 3 is 2.35 bits per heavy atom. The second kappa shape index (κ2) is 13.3. The summed E-state index contributed by atoms with van der Waals surface area (Å²) in [5.41, 5.74) is 4.26. The van der Waals surface area contributed by atoms with E-state index in [4.69, 9.17) is 33.2 Å². The normalized spacial score (nSPS) is 25.7. The lowest BCUT2D eigenvalue weighted by atomic mass is 9.63. The highest BCUT2D eigenvalue weighted by Gasteiger charge is 2.54. The first kappa shape index (κ1) is 31.7. The van der Waals surface area contributed by atoms with Crippen LogP contribution in [0, 0.1) is 17.8 Å². The van der Waals surface area contributed by atoms with Gasteiger partial charge in [-0.05, 0) is 72.6 Å². The molecule has 1 N–H and O–H groups in total. The zero-order valence-electron chi connectivity index (χ0n) is 27.2. The maximum absolute atomic E-state index is 13.4. The van der Waals surface area contributed by atoms with Crippen molar-refractivity contribution in [2.45, 2.75) is 37.5 Å². The summed E-state index contributed by atoms with van der Waals surface area (Å²) >= 11 is 0. The number of ether oxygens (including phenoxy) is 7. The number of aromatic nitrogens is 1. The van der Waals surface area contributed by atoms with E-state index in [1.165, 1.54) is 51.2 Å². The number of carbonyl (C=O) groups excluding carboxylic acids is 2. The molecule has 0 unspecified atom stereocenters. The van der Waals surface area contributed by atoms with Gasteiger partial charge in [0.05, 0.1) is 47.5 Å². The molecule has 46 heavy (non-hydrogen) atoms. The predicted octanol–water partition coefficient (Wildman–Crippen LogP) is 4.57. The molecule has 1 saturated heterocycles. The van der Waals surface area contributed by atoms with Gasteiger partial charge in [-0.2, -0.15) is 0 Å². The molecule has 246 valence electrons. The smallest absolute Gasteiger partial charge is 0.331 e. The summed E-state index contributed by atoms with van der Waals surface area (Å²) in [4.78, 5) is 32.8. The number of aromatic amines is 1. The van der Waals surface area contributed by atoms with Gasteiger partial charge in [0, 0.05) is 48.9 Å². The number of hydrogen-bond donors (Lipinski definition) is 1. The molecular weight excluding hydrogens is 592 g/mol. The molecule has 3 aromatic rings. The average molecular weight is 635 g/mol. The largest absolute Gasteiger partial charge is 0.497 e. The van der Waals surface area contributed by atoms with E-state index in [0.29, 0.717) is 29.2 Å². The van der Waals surface area contributed by atoms with Crippen LogP contribution in [0.5, 0.6) is 23.0 Å². The van der Waals surface area contributed by atoms with Crippen molar-refractivity contribution in [3.8, 4) is 23.0 Å². The van der Waals surface area contributed by atoms with Gasteiger partial charge >= 0.3 is 11.9 Å². The van der Waals surface area contributed by atoms with Crippen LogP contribution in [0.1, 0.15) is 35.7 Å². The number of H-pyrrole nitrogens is 1. The van der Waals surface area contributed by atoms with Crippen molar-refractivity contribution in [2.24, 2.45) is 17.8 Å². The first-order valence-electron chi connectivity index (χ1n) is 15.6. The van der Waals surface area contributed by atoms with Crippen LogP contribution in [0.25, 0.3) is 17.0 Å². The Morgan fingerprint density at radius 2 is 1.70 bits per heavy atom. The van der Waals surface area contributed by atoms with E-state index < -0.39 is 24.1 Å². The second-order valence-electron chi connectivity index (χ2n) is 12.1. The fourth-order valence-corrected chi connectivity index (χ4v) is 7.91. The third-order valence-corrected chi connectivity index (χ3v) is 9.97. The summed E-state index contributed by atoms with van der Waals surface area (Å²) in [5, 5.41) is 1.21. The van der Waals surface area contributed by atoms with Crippen LogP contribution in [0.15, 0.2) is 36.4 Å². The SMILES string of the molecule is COC(=O)[C@H]1[C@@H]2C[C@H]3c4[nH]c5cc(OC)ccc5c4CCN3C[C@H]2C[C@@H](OC(=O)/C=C/c2cc(OC)c(OC)c(OC)c2)[C@@H]1OC. The summed E-state index contributed by atoms with van der Waals surface area (Å²) in [6, 6.07) is 9.78. The number of methoxy groups -OCH3 is 6. The minimum Gasteiger partial charge on any atom is -0.497 e. The predicted molar refractivity (Wildman–Crippen MR) is 170 cm³/mol. The van der Waals surface area contributed by atoms with Gasteiger partial charge in [0.2, 0.25) is 5.75 Å². The van der Waals surface area contributed by atoms with Gasteiger partial charge in [-0.25, -0.2) is 4.79 Å². The van der Waals surface area contributed by atoms with Crippen LogP contribution in [0.2, 0.25) is 0 Å². The Labute approximate surface area is 268 Å². The van der Waals surface area contributed by atoms with Crippen molar-refractivity contribution in [1.29, 1.82) is 0 Å². The minimum absolute atomic E-state index is 0.00438. The van der Waals surface area contributed by atoms with Crippen LogP contribution < -0.4 is 18.9 Å². The molecule has 11 nitrogen and oxygen atoms in total. The third kappa shape index (κ3) is 5.66. The van der Waals surface area contributed by atoms with Crippen LogP contribution in [0.3, 0.4) is 0 Å². The van der Waals surface area contributed by atoms with Gasteiger partial charge in [-0.15, -0.1) is 0 Å². The lowest BCUT2D eigenvalue weighted by molar-refractivity contribution is -0.187. The number of benzene rings is 2.